The predicted molar refractivity (Wildman–Crippen MR) is 57.8 cm³/mol. The summed E-state index contributed by atoms with van der Waals surface area (Å²) in [6, 6.07) is 0. The summed E-state index contributed by atoms with van der Waals surface area (Å²) in [6.07, 6.45) is 10.0. The molecule has 72 valence electrons. The Bertz CT molecular complexity index is 235. The molecule has 1 rings (SSSR count). The van der Waals surface area contributed by atoms with Crippen LogP contribution in [0.4, 0.5) is 0 Å². The second-order valence-electron chi connectivity index (χ2n) is 2.89. The van der Waals surface area contributed by atoms with E-state index >= 15 is 0 Å². The average Bonchev–Trinajstić information content (AvgIpc) is 2.18. The summed E-state index contributed by atoms with van der Waals surface area (Å²) in [5, 5.41) is 3.13. The number of rotatable bonds is 3. The molecule has 3 heteroatoms. The van der Waals surface area contributed by atoms with Gasteiger partial charge in [-0.2, -0.15) is 11.8 Å². The average molecular weight is 197 g/mol. The van der Waals surface area contributed by atoms with Crippen LogP contribution in [0.15, 0.2) is 24.3 Å². The fraction of sp³-hybridized carbons (Fsp3) is 0.500. The molecule has 2 nitrogen and oxygen atoms in total. The van der Waals surface area contributed by atoms with E-state index in [-0.39, 0.29) is 17.1 Å². The van der Waals surface area contributed by atoms with Gasteiger partial charge in [-0.3, -0.25) is 4.79 Å². The molecule has 0 spiro atoms. The number of hydrogen-bond acceptors (Lipinski definition) is 2. The number of carbonyl (C=O) groups is 1. The van der Waals surface area contributed by atoms with Crippen LogP contribution in [0, 0.1) is 5.92 Å². The van der Waals surface area contributed by atoms with Crippen LogP contribution < -0.4 is 5.32 Å². The second-order valence-corrected chi connectivity index (χ2v) is 3.91. The molecule has 1 aliphatic rings. The van der Waals surface area contributed by atoms with Gasteiger partial charge >= 0.3 is 0 Å². The number of nitrogens with one attached hydrogen (secondary N) is 1. The Balaban J connectivity index is 2.61. The highest BCUT2D eigenvalue weighted by atomic mass is 32.2. The quantitative estimate of drug-likeness (QED) is 0.744. The van der Waals surface area contributed by atoms with Crippen molar-refractivity contribution in [2.24, 2.45) is 5.92 Å². The first-order valence-corrected chi connectivity index (χ1v) is 5.74. The van der Waals surface area contributed by atoms with Gasteiger partial charge < -0.3 is 5.32 Å². The van der Waals surface area contributed by atoms with Crippen molar-refractivity contribution in [1.82, 2.24) is 5.32 Å². The highest BCUT2D eigenvalue weighted by molar-refractivity contribution is 7.99. The lowest BCUT2D eigenvalue weighted by Crippen LogP contribution is -2.35. The zero-order valence-electron chi connectivity index (χ0n) is 7.99. The fourth-order valence-electron chi connectivity index (χ4n) is 1.34. The van der Waals surface area contributed by atoms with Crippen LogP contribution in [0.3, 0.4) is 0 Å². The third kappa shape index (κ3) is 2.62. The topological polar surface area (TPSA) is 29.1 Å². The van der Waals surface area contributed by atoms with Crippen LogP contribution in [0.5, 0.6) is 0 Å². The Kier molecular flexibility index (Phi) is 4.09. The van der Waals surface area contributed by atoms with Crippen molar-refractivity contribution in [2.45, 2.75) is 12.2 Å². The van der Waals surface area contributed by atoms with Gasteiger partial charge in [0.25, 0.3) is 0 Å². The fourth-order valence-corrected chi connectivity index (χ4v) is 2.10. The first kappa shape index (κ1) is 10.4. The first-order chi connectivity index (χ1) is 6.29. The minimum atomic E-state index is -0.0000463. The lowest BCUT2D eigenvalue weighted by atomic mass is 9.99. The van der Waals surface area contributed by atoms with Gasteiger partial charge in [-0.15, -0.1) is 0 Å². The van der Waals surface area contributed by atoms with Crippen LogP contribution in [0.2, 0.25) is 0 Å². The minimum Gasteiger partial charge on any atom is -0.356 e. The molecule has 1 aliphatic carbocycles. The molecule has 0 bridgehead atoms. The normalized spacial score (nSPS) is 26.0. The second kappa shape index (κ2) is 5.12. The van der Waals surface area contributed by atoms with Crippen molar-refractivity contribution in [3.8, 4) is 0 Å². The molecule has 2 unspecified atom stereocenters. The van der Waals surface area contributed by atoms with Crippen molar-refractivity contribution in [1.29, 1.82) is 0 Å². The standard InChI is InChI=1S/C10H15NOS/c1-3-11-10(12)8-6-4-5-7-9(8)13-2/h4-9H,3H2,1-2H3,(H,11,12). The monoisotopic (exact) mass is 197 g/mol. The summed E-state index contributed by atoms with van der Waals surface area (Å²) in [6.45, 7) is 2.64. The molecule has 0 radical (unpaired) electrons. The Hall–Kier alpha value is -0.700. The highest BCUT2D eigenvalue weighted by Crippen LogP contribution is 2.23. The van der Waals surface area contributed by atoms with Gasteiger partial charge in [0.05, 0.1) is 5.92 Å². The Morgan fingerprint density at radius 3 is 2.77 bits per heavy atom. The van der Waals surface area contributed by atoms with Gasteiger partial charge in [-0.1, -0.05) is 24.3 Å². The zero-order valence-corrected chi connectivity index (χ0v) is 8.80. The van der Waals surface area contributed by atoms with E-state index in [1.54, 1.807) is 11.8 Å². The molecule has 0 heterocycles. The molecule has 1 amide bonds. The van der Waals surface area contributed by atoms with Crippen molar-refractivity contribution in [3.63, 3.8) is 0 Å². The van der Waals surface area contributed by atoms with E-state index in [1.165, 1.54) is 0 Å². The number of allylic oxidation sites excluding steroid dienone is 2. The zero-order chi connectivity index (χ0) is 9.68. The van der Waals surface area contributed by atoms with Crippen LogP contribution in [0.1, 0.15) is 6.92 Å². The van der Waals surface area contributed by atoms with E-state index in [0.29, 0.717) is 6.54 Å². The van der Waals surface area contributed by atoms with Gasteiger partial charge in [0, 0.05) is 11.8 Å². The van der Waals surface area contributed by atoms with E-state index in [9.17, 15) is 4.79 Å². The lowest BCUT2D eigenvalue weighted by Gasteiger charge is -2.21. The number of hydrogen-bond donors (Lipinski definition) is 1. The van der Waals surface area contributed by atoms with Gasteiger partial charge in [0.15, 0.2) is 0 Å². The Morgan fingerprint density at radius 1 is 1.46 bits per heavy atom. The maximum atomic E-state index is 11.6. The largest absolute Gasteiger partial charge is 0.356 e. The maximum Gasteiger partial charge on any atom is 0.228 e. The third-order valence-corrected chi connectivity index (χ3v) is 3.00. The van der Waals surface area contributed by atoms with Gasteiger partial charge in [-0.05, 0) is 13.2 Å². The Morgan fingerprint density at radius 2 is 2.15 bits per heavy atom. The van der Waals surface area contributed by atoms with E-state index in [4.69, 9.17) is 0 Å². The van der Waals surface area contributed by atoms with Gasteiger partial charge in [0.1, 0.15) is 0 Å². The smallest absolute Gasteiger partial charge is 0.228 e. The molecule has 0 aromatic rings. The molecule has 0 saturated heterocycles. The number of amides is 1. The summed E-state index contributed by atoms with van der Waals surface area (Å²) in [5.41, 5.74) is 0. The summed E-state index contributed by atoms with van der Waals surface area (Å²) < 4.78 is 0. The van der Waals surface area contributed by atoms with Crippen LogP contribution in [0.25, 0.3) is 0 Å². The molecular weight excluding hydrogens is 182 g/mol. The van der Waals surface area contributed by atoms with E-state index in [1.807, 2.05) is 31.4 Å². The van der Waals surface area contributed by atoms with Gasteiger partial charge in [0.2, 0.25) is 5.91 Å². The summed E-state index contributed by atoms with van der Waals surface area (Å²) in [7, 11) is 0. The van der Waals surface area contributed by atoms with Gasteiger partial charge in [-0.25, -0.2) is 0 Å². The van der Waals surface area contributed by atoms with E-state index in [2.05, 4.69) is 11.4 Å². The molecule has 0 saturated carbocycles. The summed E-state index contributed by atoms with van der Waals surface area (Å²) >= 11 is 1.71. The van der Waals surface area contributed by atoms with E-state index in [0.717, 1.165) is 0 Å². The Labute approximate surface area is 83.5 Å². The number of carbonyl (C=O) groups excluding carboxylic acids is 1. The highest BCUT2D eigenvalue weighted by Gasteiger charge is 2.23. The molecular formula is C10H15NOS. The molecule has 1 N–H and O–H groups in total. The molecule has 0 aliphatic heterocycles. The van der Waals surface area contributed by atoms with Crippen molar-refractivity contribution in [3.05, 3.63) is 24.3 Å². The lowest BCUT2D eigenvalue weighted by molar-refractivity contribution is -0.123. The van der Waals surface area contributed by atoms with Crippen LogP contribution >= 0.6 is 11.8 Å². The van der Waals surface area contributed by atoms with Crippen molar-refractivity contribution in [2.75, 3.05) is 12.8 Å². The van der Waals surface area contributed by atoms with Crippen LogP contribution in [-0.2, 0) is 4.79 Å². The molecule has 0 aromatic carbocycles. The van der Waals surface area contributed by atoms with Crippen molar-refractivity contribution < 1.29 is 4.79 Å². The van der Waals surface area contributed by atoms with Crippen molar-refractivity contribution >= 4 is 17.7 Å². The summed E-state index contributed by atoms with van der Waals surface area (Å²) in [5.74, 6) is 0.127. The summed E-state index contributed by atoms with van der Waals surface area (Å²) in [4.78, 5) is 11.6. The molecule has 0 fully saturated rings. The predicted octanol–water partition coefficient (Wildman–Crippen LogP) is 1.60. The number of thioether (sulfide) groups is 1. The molecule has 2 atom stereocenters. The van der Waals surface area contributed by atoms with E-state index < -0.39 is 0 Å². The maximum absolute atomic E-state index is 11.6. The first-order valence-electron chi connectivity index (χ1n) is 4.45. The SMILES string of the molecule is CCNC(=O)C1C=CC=CC1SC. The molecule has 13 heavy (non-hydrogen) atoms. The molecule has 0 aromatic heterocycles. The van der Waals surface area contributed by atoms with Crippen LogP contribution in [-0.4, -0.2) is 24.0 Å². The third-order valence-electron chi connectivity index (χ3n) is 2.01. The minimum absolute atomic E-state index is 0.0000463.